The summed E-state index contributed by atoms with van der Waals surface area (Å²) in [4.78, 5) is 28.9. The van der Waals surface area contributed by atoms with Gasteiger partial charge in [-0.25, -0.2) is 4.39 Å². The third-order valence-electron chi connectivity index (χ3n) is 6.92. The molecule has 0 aromatic heterocycles. The van der Waals surface area contributed by atoms with Gasteiger partial charge in [-0.1, -0.05) is 73.0 Å². The van der Waals surface area contributed by atoms with Crippen LogP contribution in [-0.4, -0.2) is 35.4 Å². The zero-order chi connectivity index (χ0) is 26.2. The van der Waals surface area contributed by atoms with E-state index in [9.17, 15) is 14.0 Å². The van der Waals surface area contributed by atoms with Crippen LogP contribution >= 0.6 is 0 Å². The molecule has 1 fully saturated rings. The van der Waals surface area contributed by atoms with E-state index in [2.05, 4.69) is 5.32 Å². The molecule has 0 bridgehead atoms. The quantitative estimate of drug-likeness (QED) is 0.397. The Balaban J connectivity index is 1.61. The maximum atomic E-state index is 13.7. The van der Waals surface area contributed by atoms with Gasteiger partial charge in [0.2, 0.25) is 5.91 Å². The summed E-state index contributed by atoms with van der Waals surface area (Å²) in [5.74, 6) is -0.181. The number of carbonyl (C=O) groups is 2. The lowest BCUT2D eigenvalue weighted by atomic mass is 10.0. The Bertz CT molecular complexity index is 1190. The number of nitrogens with one attached hydrogen (secondary N) is 1. The Hall–Kier alpha value is -3.67. The molecule has 1 atom stereocenters. The highest BCUT2D eigenvalue weighted by Gasteiger charge is 2.32. The van der Waals surface area contributed by atoms with Crippen LogP contribution in [0.2, 0.25) is 0 Å². The molecular formula is C31H35FN2O3. The van der Waals surface area contributed by atoms with Crippen LogP contribution in [0.1, 0.15) is 47.9 Å². The van der Waals surface area contributed by atoms with Crippen molar-refractivity contribution in [1.82, 2.24) is 10.2 Å². The lowest BCUT2D eigenvalue weighted by Gasteiger charge is -2.32. The first-order chi connectivity index (χ1) is 17.9. The van der Waals surface area contributed by atoms with Gasteiger partial charge in [-0.15, -0.1) is 0 Å². The highest BCUT2D eigenvalue weighted by atomic mass is 19.1. The number of halogens is 1. The third-order valence-corrected chi connectivity index (χ3v) is 6.92. The van der Waals surface area contributed by atoms with E-state index in [-0.39, 0.29) is 36.8 Å². The van der Waals surface area contributed by atoms with Crippen molar-refractivity contribution in [3.63, 3.8) is 0 Å². The monoisotopic (exact) mass is 502 g/mol. The average molecular weight is 503 g/mol. The number of hydrogen-bond acceptors (Lipinski definition) is 3. The molecule has 3 aromatic carbocycles. The molecule has 1 saturated carbocycles. The first-order valence-electron chi connectivity index (χ1n) is 13.0. The fraction of sp³-hybridized carbons (Fsp3) is 0.355. The van der Waals surface area contributed by atoms with Gasteiger partial charge < -0.3 is 15.0 Å². The highest BCUT2D eigenvalue weighted by molar-refractivity contribution is 5.88. The van der Waals surface area contributed by atoms with Gasteiger partial charge in [-0.2, -0.15) is 0 Å². The molecular weight excluding hydrogens is 467 g/mol. The first-order valence-corrected chi connectivity index (χ1v) is 13.0. The van der Waals surface area contributed by atoms with Gasteiger partial charge in [0.25, 0.3) is 5.91 Å². The molecule has 3 aromatic rings. The highest BCUT2D eigenvalue weighted by Crippen LogP contribution is 2.22. The topological polar surface area (TPSA) is 58.6 Å². The van der Waals surface area contributed by atoms with Gasteiger partial charge in [-0.3, -0.25) is 9.59 Å². The predicted octanol–water partition coefficient (Wildman–Crippen LogP) is 5.52. The fourth-order valence-electron chi connectivity index (χ4n) is 4.89. The number of rotatable bonds is 10. The van der Waals surface area contributed by atoms with Crippen molar-refractivity contribution in [2.75, 3.05) is 6.61 Å². The lowest BCUT2D eigenvalue weighted by Crippen LogP contribution is -2.53. The van der Waals surface area contributed by atoms with E-state index >= 15 is 0 Å². The van der Waals surface area contributed by atoms with Gasteiger partial charge in [0, 0.05) is 19.0 Å². The summed E-state index contributed by atoms with van der Waals surface area (Å²) in [6, 6.07) is 20.9. The van der Waals surface area contributed by atoms with Crippen molar-refractivity contribution in [2.24, 2.45) is 0 Å². The maximum absolute atomic E-state index is 13.7. The molecule has 5 nitrogen and oxygen atoms in total. The SMILES string of the molecule is Cc1ccc(OCC(=O)N(Cc2ccc(F)cc2)C(Cc2ccccc2)C(=O)NC2CCCC2)c(C)c1. The molecule has 1 N–H and O–H groups in total. The Labute approximate surface area is 218 Å². The van der Waals surface area contributed by atoms with E-state index in [4.69, 9.17) is 4.74 Å². The van der Waals surface area contributed by atoms with Crippen molar-refractivity contribution < 1.29 is 18.7 Å². The van der Waals surface area contributed by atoms with E-state index in [1.54, 1.807) is 17.0 Å². The Morgan fingerprint density at radius 1 is 0.973 bits per heavy atom. The van der Waals surface area contributed by atoms with Crippen LogP contribution in [0.25, 0.3) is 0 Å². The molecule has 0 saturated heterocycles. The first kappa shape index (κ1) is 26.4. The zero-order valence-electron chi connectivity index (χ0n) is 21.6. The Morgan fingerprint density at radius 2 is 1.68 bits per heavy atom. The molecule has 1 unspecified atom stereocenters. The molecule has 2 amide bonds. The second-order valence-electron chi connectivity index (χ2n) is 9.90. The Morgan fingerprint density at radius 3 is 2.35 bits per heavy atom. The summed E-state index contributed by atoms with van der Waals surface area (Å²) in [5.41, 5.74) is 3.76. The van der Waals surface area contributed by atoms with Gasteiger partial charge in [0.05, 0.1) is 0 Å². The van der Waals surface area contributed by atoms with Crippen LogP contribution in [0.5, 0.6) is 5.75 Å². The van der Waals surface area contributed by atoms with Crippen molar-refractivity contribution in [1.29, 1.82) is 0 Å². The lowest BCUT2D eigenvalue weighted by molar-refractivity contribution is -0.143. The second-order valence-corrected chi connectivity index (χ2v) is 9.90. The average Bonchev–Trinajstić information content (AvgIpc) is 3.40. The van der Waals surface area contributed by atoms with Crippen LogP contribution in [-0.2, 0) is 22.6 Å². The molecule has 37 heavy (non-hydrogen) atoms. The number of nitrogens with zero attached hydrogens (tertiary/aromatic N) is 1. The van der Waals surface area contributed by atoms with Crippen molar-refractivity contribution in [2.45, 2.75) is 64.6 Å². The van der Waals surface area contributed by atoms with Crippen LogP contribution in [0.4, 0.5) is 4.39 Å². The van der Waals surface area contributed by atoms with Crippen LogP contribution in [0.15, 0.2) is 72.8 Å². The molecule has 4 rings (SSSR count). The molecule has 0 aliphatic heterocycles. The number of carbonyl (C=O) groups excluding carboxylic acids is 2. The number of aryl methyl sites for hydroxylation is 2. The summed E-state index contributed by atoms with van der Waals surface area (Å²) < 4.78 is 19.5. The van der Waals surface area contributed by atoms with Crippen LogP contribution in [0, 0.1) is 19.7 Å². The fourth-order valence-corrected chi connectivity index (χ4v) is 4.89. The van der Waals surface area contributed by atoms with E-state index < -0.39 is 6.04 Å². The number of ether oxygens (including phenoxy) is 1. The molecule has 1 aliphatic rings. The predicted molar refractivity (Wildman–Crippen MR) is 143 cm³/mol. The smallest absolute Gasteiger partial charge is 0.261 e. The molecule has 0 radical (unpaired) electrons. The van der Waals surface area contributed by atoms with Crippen LogP contribution in [0.3, 0.4) is 0 Å². The number of amides is 2. The van der Waals surface area contributed by atoms with Gasteiger partial charge in [0.15, 0.2) is 6.61 Å². The van der Waals surface area contributed by atoms with Gasteiger partial charge in [0.1, 0.15) is 17.6 Å². The summed E-state index contributed by atoms with van der Waals surface area (Å²) in [7, 11) is 0. The third kappa shape index (κ3) is 7.42. The van der Waals surface area contributed by atoms with Gasteiger partial charge >= 0.3 is 0 Å². The number of hydrogen-bond donors (Lipinski definition) is 1. The van der Waals surface area contributed by atoms with E-state index in [0.29, 0.717) is 12.2 Å². The summed E-state index contributed by atoms with van der Waals surface area (Å²) >= 11 is 0. The summed E-state index contributed by atoms with van der Waals surface area (Å²) in [6.07, 6.45) is 4.46. The maximum Gasteiger partial charge on any atom is 0.261 e. The molecule has 6 heteroatoms. The van der Waals surface area contributed by atoms with Crippen LogP contribution < -0.4 is 10.1 Å². The molecule has 194 valence electrons. The van der Waals surface area contributed by atoms with Crippen molar-refractivity contribution >= 4 is 11.8 Å². The van der Waals surface area contributed by atoms with Gasteiger partial charge in [-0.05, 0) is 61.6 Å². The summed E-state index contributed by atoms with van der Waals surface area (Å²) in [6.45, 7) is 3.91. The van der Waals surface area contributed by atoms with E-state index in [1.807, 2.05) is 62.4 Å². The number of benzene rings is 3. The second kappa shape index (κ2) is 12.5. The molecule has 0 spiro atoms. The molecule has 0 heterocycles. The normalized spacial score (nSPS) is 14.2. The minimum Gasteiger partial charge on any atom is -0.483 e. The van der Waals surface area contributed by atoms with E-state index in [1.165, 1.54) is 12.1 Å². The largest absolute Gasteiger partial charge is 0.483 e. The Kier molecular flexibility index (Phi) is 8.94. The zero-order valence-corrected chi connectivity index (χ0v) is 21.6. The van der Waals surface area contributed by atoms with E-state index in [0.717, 1.165) is 47.9 Å². The minimum absolute atomic E-state index is 0.125. The summed E-state index contributed by atoms with van der Waals surface area (Å²) in [5, 5.41) is 3.18. The van der Waals surface area contributed by atoms with Crippen molar-refractivity contribution in [3.05, 3.63) is 101 Å². The standard InChI is InChI=1S/C31H35FN2O3/c1-22-12-17-29(23(2)18-22)37-21-30(35)34(20-25-13-15-26(32)16-14-25)28(19-24-8-4-3-5-9-24)31(36)33-27-10-6-7-11-27/h3-5,8-9,12-18,27-28H,6-7,10-11,19-21H2,1-2H3,(H,33,36). The molecule has 1 aliphatic carbocycles. The minimum atomic E-state index is -0.733. The van der Waals surface area contributed by atoms with Crippen molar-refractivity contribution in [3.8, 4) is 5.75 Å².